The molecule has 1 aromatic heterocycles. The molecule has 4 nitrogen and oxygen atoms in total. The lowest BCUT2D eigenvalue weighted by molar-refractivity contribution is 0.0607. The lowest BCUT2D eigenvalue weighted by Gasteiger charge is -2.21. The van der Waals surface area contributed by atoms with Crippen LogP contribution in [-0.4, -0.2) is 29.5 Å². The van der Waals surface area contributed by atoms with Crippen LogP contribution in [-0.2, 0) is 4.74 Å². The van der Waals surface area contributed by atoms with Crippen LogP contribution in [0.1, 0.15) is 45.5 Å². The first-order valence-electron chi connectivity index (χ1n) is 5.99. The molecule has 0 spiro atoms. The summed E-state index contributed by atoms with van der Waals surface area (Å²) in [6.45, 7) is 8.81. The minimum Gasteiger partial charge on any atom is -0.377 e. The first kappa shape index (κ1) is 14.5. The molecule has 1 unspecified atom stereocenters. The highest BCUT2D eigenvalue weighted by atomic mass is 35.5. The molecule has 0 aromatic carbocycles. The van der Waals surface area contributed by atoms with E-state index in [0.717, 1.165) is 5.69 Å². The molecule has 0 bridgehead atoms. The summed E-state index contributed by atoms with van der Waals surface area (Å²) in [5.74, 6) is 0. The Bertz CT molecular complexity index is 350. The summed E-state index contributed by atoms with van der Waals surface area (Å²) in [6, 6.07) is 0.349. The highest BCUT2D eigenvalue weighted by molar-refractivity contribution is 6.31. The van der Waals surface area contributed by atoms with Gasteiger partial charge in [-0.05, 0) is 34.7 Å². The molecule has 0 amide bonds. The zero-order valence-electron chi connectivity index (χ0n) is 11.2. The maximum atomic E-state index is 6.20. The second-order valence-corrected chi connectivity index (χ2v) is 5.05. The van der Waals surface area contributed by atoms with Crippen LogP contribution in [0.5, 0.6) is 0 Å². The fourth-order valence-electron chi connectivity index (χ4n) is 1.68. The van der Waals surface area contributed by atoms with Crippen LogP contribution >= 0.6 is 11.6 Å². The van der Waals surface area contributed by atoms with Gasteiger partial charge in [-0.2, -0.15) is 5.10 Å². The number of aromatic nitrogens is 2. The number of nitrogens with zero attached hydrogens (tertiary/aromatic N) is 2. The molecule has 1 N–H and O–H groups in total. The van der Waals surface area contributed by atoms with Gasteiger partial charge in [-0.3, -0.25) is 4.68 Å². The van der Waals surface area contributed by atoms with Gasteiger partial charge < -0.3 is 10.1 Å². The molecule has 0 saturated carbocycles. The molecule has 0 aliphatic carbocycles. The highest BCUT2D eigenvalue weighted by Crippen LogP contribution is 2.25. The molecule has 0 aliphatic rings. The summed E-state index contributed by atoms with van der Waals surface area (Å²) in [4.78, 5) is 0. The number of halogens is 1. The Hall–Kier alpha value is -0.580. The van der Waals surface area contributed by atoms with Crippen molar-refractivity contribution in [3.05, 3.63) is 16.9 Å². The van der Waals surface area contributed by atoms with Gasteiger partial charge >= 0.3 is 0 Å². The van der Waals surface area contributed by atoms with Gasteiger partial charge in [-0.15, -0.1) is 0 Å². The molecule has 0 radical (unpaired) electrons. The van der Waals surface area contributed by atoms with E-state index in [9.17, 15) is 0 Å². The van der Waals surface area contributed by atoms with Crippen LogP contribution in [0.15, 0.2) is 6.20 Å². The molecule has 1 heterocycles. The van der Waals surface area contributed by atoms with Crippen LogP contribution in [0.3, 0.4) is 0 Å². The molecule has 1 aromatic rings. The third kappa shape index (κ3) is 3.69. The van der Waals surface area contributed by atoms with Crippen molar-refractivity contribution in [3.63, 3.8) is 0 Å². The lowest BCUT2D eigenvalue weighted by atomic mass is 10.2. The summed E-state index contributed by atoms with van der Waals surface area (Å²) in [6.07, 6.45) is 1.90. The van der Waals surface area contributed by atoms with Gasteiger partial charge in [0.2, 0.25) is 0 Å². The zero-order chi connectivity index (χ0) is 13.0. The van der Waals surface area contributed by atoms with Gasteiger partial charge in [0, 0.05) is 6.04 Å². The summed E-state index contributed by atoms with van der Waals surface area (Å²) in [5, 5.41) is 8.21. The minimum atomic E-state index is 0.0646. The average Bonchev–Trinajstić information content (AvgIpc) is 2.62. The van der Waals surface area contributed by atoms with E-state index in [4.69, 9.17) is 16.3 Å². The van der Waals surface area contributed by atoms with Gasteiger partial charge in [0.05, 0.1) is 35.7 Å². The quantitative estimate of drug-likeness (QED) is 0.854. The molecule has 5 heteroatoms. The van der Waals surface area contributed by atoms with Crippen LogP contribution < -0.4 is 5.32 Å². The first-order chi connectivity index (χ1) is 7.97. The topological polar surface area (TPSA) is 39.1 Å². The Labute approximate surface area is 108 Å². The van der Waals surface area contributed by atoms with Crippen molar-refractivity contribution in [2.24, 2.45) is 0 Å². The Morgan fingerprint density at radius 1 is 1.41 bits per heavy atom. The third-order valence-corrected chi connectivity index (χ3v) is 2.84. The largest absolute Gasteiger partial charge is 0.377 e. The van der Waals surface area contributed by atoms with Gasteiger partial charge in [0.1, 0.15) is 0 Å². The monoisotopic (exact) mass is 259 g/mol. The van der Waals surface area contributed by atoms with Crippen molar-refractivity contribution < 1.29 is 4.74 Å². The van der Waals surface area contributed by atoms with Crippen molar-refractivity contribution in [1.82, 2.24) is 15.1 Å². The molecular formula is C12H22ClN3O. The number of hydrogen-bond donors (Lipinski definition) is 1. The maximum Gasteiger partial charge on any atom is 0.0835 e. The maximum absolute atomic E-state index is 6.20. The van der Waals surface area contributed by atoms with Crippen LogP contribution in [0.4, 0.5) is 0 Å². The standard InChI is InChI=1S/C12H22ClN3O/c1-8(2)16-12(10(13)6-15-16)11(14-5)7-17-9(3)4/h6,8-9,11,14H,7H2,1-5H3. The van der Waals surface area contributed by atoms with E-state index >= 15 is 0 Å². The second-order valence-electron chi connectivity index (χ2n) is 4.64. The molecule has 98 valence electrons. The SMILES string of the molecule is CNC(COC(C)C)c1c(Cl)cnn1C(C)C. The summed E-state index contributed by atoms with van der Waals surface area (Å²) in [7, 11) is 1.91. The van der Waals surface area contributed by atoms with Crippen LogP contribution in [0, 0.1) is 0 Å². The zero-order valence-corrected chi connectivity index (χ0v) is 12.0. The van der Waals surface area contributed by atoms with Gasteiger partial charge in [0.25, 0.3) is 0 Å². The van der Waals surface area contributed by atoms with E-state index in [0.29, 0.717) is 11.6 Å². The molecular weight excluding hydrogens is 238 g/mol. The van der Waals surface area contributed by atoms with Crippen molar-refractivity contribution in [2.75, 3.05) is 13.7 Å². The summed E-state index contributed by atoms with van der Waals surface area (Å²) in [5.41, 5.74) is 0.991. The fourth-order valence-corrected chi connectivity index (χ4v) is 1.94. The van der Waals surface area contributed by atoms with Crippen LogP contribution in [0.25, 0.3) is 0 Å². The Morgan fingerprint density at radius 3 is 2.53 bits per heavy atom. The molecule has 1 atom stereocenters. The second kappa shape index (κ2) is 6.38. The van der Waals surface area contributed by atoms with Gasteiger partial charge in [-0.1, -0.05) is 11.6 Å². The van der Waals surface area contributed by atoms with Crippen LogP contribution in [0.2, 0.25) is 5.02 Å². The molecule has 0 aliphatic heterocycles. The van der Waals surface area contributed by atoms with E-state index in [1.54, 1.807) is 6.20 Å². The van der Waals surface area contributed by atoms with Gasteiger partial charge in [-0.25, -0.2) is 0 Å². The highest BCUT2D eigenvalue weighted by Gasteiger charge is 2.20. The van der Waals surface area contributed by atoms with Gasteiger partial charge in [0.15, 0.2) is 0 Å². The fraction of sp³-hybridized carbons (Fsp3) is 0.750. The van der Waals surface area contributed by atoms with E-state index in [2.05, 4.69) is 24.3 Å². The van der Waals surface area contributed by atoms with Crippen molar-refractivity contribution in [3.8, 4) is 0 Å². The molecule has 0 fully saturated rings. The number of rotatable bonds is 6. The number of ether oxygens (including phenoxy) is 1. The predicted octanol–water partition coefficient (Wildman–Crippen LogP) is 2.80. The Balaban J connectivity index is 2.90. The van der Waals surface area contributed by atoms with E-state index in [-0.39, 0.29) is 18.2 Å². The minimum absolute atomic E-state index is 0.0646. The first-order valence-corrected chi connectivity index (χ1v) is 6.37. The van der Waals surface area contributed by atoms with E-state index in [1.165, 1.54) is 0 Å². The van der Waals surface area contributed by atoms with Crippen molar-refractivity contribution in [2.45, 2.75) is 45.9 Å². The summed E-state index contributed by atoms with van der Waals surface area (Å²) >= 11 is 6.20. The normalized spacial score (nSPS) is 13.6. The average molecular weight is 260 g/mol. The number of nitrogens with one attached hydrogen (secondary N) is 1. The van der Waals surface area contributed by atoms with E-state index in [1.807, 2.05) is 25.6 Å². The smallest absolute Gasteiger partial charge is 0.0835 e. The Kier molecular flexibility index (Phi) is 5.43. The lowest BCUT2D eigenvalue weighted by Crippen LogP contribution is -2.27. The predicted molar refractivity (Wildman–Crippen MR) is 70.5 cm³/mol. The summed E-state index contributed by atoms with van der Waals surface area (Å²) < 4.78 is 7.58. The van der Waals surface area contributed by atoms with Crippen molar-refractivity contribution >= 4 is 11.6 Å². The Morgan fingerprint density at radius 2 is 2.06 bits per heavy atom. The number of hydrogen-bond acceptors (Lipinski definition) is 3. The third-order valence-electron chi connectivity index (χ3n) is 2.55. The molecule has 1 rings (SSSR count). The molecule has 0 saturated heterocycles. The molecule has 17 heavy (non-hydrogen) atoms. The number of likely N-dealkylation sites (N-methyl/N-ethyl adjacent to an activating group) is 1. The van der Waals surface area contributed by atoms with E-state index < -0.39 is 0 Å². The van der Waals surface area contributed by atoms with Crippen molar-refractivity contribution in [1.29, 1.82) is 0 Å².